The number of ether oxygens (including phenoxy) is 2. The molecule has 1 N–H and O–H groups in total. The van der Waals surface area contributed by atoms with Gasteiger partial charge < -0.3 is 14.8 Å². The second-order valence-corrected chi connectivity index (χ2v) is 11.7. The minimum atomic E-state index is -0.0847. The fraction of sp³-hybridized carbons (Fsp3) is 0.353. The van der Waals surface area contributed by atoms with E-state index >= 15 is 0 Å². The molecular formula is C34H40N4O3S. The molecular weight excluding hydrogens is 544 g/mol. The third kappa shape index (κ3) is 7.76. The van der Waals surface area contributed by atoms with E-state index in [1.807, 2.05) is 29.6 Å². The van der Waals surface area contributed by atoms with Gasteiger partial charge in [-0.3, -0.25) is 14.6 Å². The number of benzene rings is 3. The van der Waals surface area contributed by atoms with Crippen LogP contribution in [0.25, 0.3) is 0 Å². The van der Waals surface area contributed by atoms with E-state index in [0.717, 1.165) is 54.5 Å². The first-order chi connectivity index (χ1) is 20.5. The van der Waals surface area contributed by atoms with Crippen molar-refractivity contribution >= 4 is 17.2 Å². The highest BCUT2D eigenvalue weighted by Gasteiger charge is 2.24. The molecule has 1 unspecified atom stereocenters. The number of carbonyl (C=O) groups is 1. The number of methoxy groups -OCH3 is 2. The lowest BCUT2D eigenvalue weighted by atomic mass is 10.0. The highest BCUT2D eigenvalue weighted by molar-refractivity contribution is 7.09. The van der Waals surface area contributed by atoms with E-state index in [1.54, 1.807) is 14.2 Å². The van der Waals surface area contributed by atoms with Crippen molar-refractivity contribution in [3.05, 3.63) is 112 Å². The van der Waals surface area contributed by atoms with Crippen LogP contribution in [-0.4, -0.2) is 54.0 Å². The Morgan fingerprint density at radius 1 is 1.00 bits per heavy atom. The molecule has 7 nitrogen and oxygen atoms in total. The van der Waals surface area contributed by atoms with Crippen LogP contribution in [0.2, 0.25) is 0 Å². The van der Waals surface area contributed by atoms with Crippen LogP contribution < -0.4 is 14.8 Å². The smallest absolute Gasteiger partial charge is 0.270 e. The van der Waals surface area contributed by atoms with Crippen LogP contribution >= 0.6 is 11.3 Å². The maximum absolute atomic E-state index is 13.2. The summed E-state index contributed by atoms with van der Waals surface area (Å²) >= 11 is 1.54. The largest absolute Gasteiger partial charge is 0.497 e. The number of carbonyl (C=O) groups excluding carboxylic acids is 1. The van der Waals surface area contributed by atoms with Gasteiger partial charge in [-0.1, -0.05) is 66.7 Å². The standard InChI is InChI=1S/C34H40N4O3S/c1-25(27-12-8-5-9-13-27)38(22-28-14-15-30(40-2)20-32(28)41-3)23-33-36-31(24-42-33)34(39)35-29-16-18-37(19-17-29)21-26-10-6-4-7-11-26/h4-15,20,24-25,29H,16-19,21-23H2,1-3H3,(H,35,39). The van der Waals surface area contributed by atoms with Crippen LogP contribution in [0, 0.1) is 0 Å². The molecule has 1 fully saturated rings. The number of hydrogen-bond donors (Lipinski definition) is 1. The number of aromatic nitrogens is 1. The molecule has 0 saturated carbocycles. The summed E-state index contributed by atoms with van der Waals surface area (Å²) in [4.78, 5) is 22.8. The van der Waals surface area contributed by atoms with Crippen molar-refractivity contribution < 1.29 is 14.3 Å². The maximum atomic E-state index is 13.2. The highest BCUT2D eigenvalue weighted by atomic mass is 32.1. The summed E-state index contributed by atoms with van der Waals surface area (Å²) in [7, 11) is 3.34. The Morgan fingerprint density at radius 2 is 1.71 bits per heavy atom. The molecule has 1 amide bonds. The molecule has 0 bridgehead atoms. The minimum Gasteiger partial charge on any atom is -0.497 e. The van der Waals surface area contributed by atoms with Crippen LogP contribution in [0.1, 0.15) is 58.0 Å². The zero-order chi connectivity index (χ0) is 29.3. The fourth-order valence-electron chi connectivity index (χ4n) is 5.47. The van der Waals surface area contributed by atoms with Crippen molar-refractivity contribution in [3.63, 3.8) is 0 Å². The Hall–Kier alpha value is -3.72. The Bertz CT molecular complexity index is 1420. The normalized spacial score (nSPS) is 15.0. The lowest BCUT2D eigenvalue weighted by Crippen LogP contribution is -2.44. The lowest BCUT2D eigenvalue weighted by molar-refractivity contribution is 0.0904. The number of nitrogens with one attached hydrogen (secondary N) is 1. The van der Waals surface area contributed by atoms with E-state index in [4.69, 9.17) is 14.5 Å². The number of thiazole rings is 1. The number of nitrogens with zero attached hydrogens (tertiary/aromatic N) is 3. The van der Waals surface area contributed by atoms with Gasteiger partial charge >= 0.3 is 0 Å². The van der Waals surface area contributed by atoms with Crippen molar-refractivity contribution in [3.8, 4) is 11.5 Å². The summed E-state index contributed by atoms with van der Waals surface area (Å²) in [5.41, 5.74) is 4.11. The third-order valence-electron chi connectivity index (χ3n) is 7.99. The lowest BCUT2D eigenvalue weighted by Gasteiger charge is -2.32. The van der Waals surface area contributed by atoms with Gasteiger partial charge in [0.2, 0.25) is 0 Å². The van der Waals surface area contributed by atoms with Gasteiger partial charge in [0.05, 0.1) is 20.8 Å². The van der Waals surface area contributed by atoms with E-state index in [-0.39, 0.29) is 18.0 Å². The first-order valence-electron chi connectivity index (χ1n) is 14.5. The Balaban J connectivity index is 1.22. The van der Waals surface area contributed by atoms with Gasteiger partial charge in [-0.15, -0.1) is 11.3 Å². The van der Waals surface area contributed by atoms with Crippen molar-refractivity contribution in [2.45, 2.75) is 51.5 Å². The molecule has 220 valence electrons. The minimum absolute atomic E-state index is 0.0847. The topological polar surface area (TPSA) is 66.9 Å². The first kappa shape index (κ1) is 29.8. The molecule has 1 aliphatic heterocycles. The summed E-state index contributed by atoms with van der Waals surface area (Å²) in [5.74, 6) is 1.46. The van der Waals surface area contributed by atoms with Crippen LogP contribution in [-0.2, 0) is 19.6 Å². The molecule has 1 saturated heterocycles. The molecule has 42 heavy (non-hydrogen) atoms. The molecule has 5 rings (SSSR count). The average molecular weight is 585 g/mol. The zero-order valence-electron chi connectivity index (χ0n) is 24.7. The number of piperidine rings is 1. The van der Waals surface area contributed by atoms with E-state index in [0.29, 0.717) is 18.8 Å². The van der Waals surface area contributed by atoms with Gasteiger partial charge in [0, 0.05) is 55.3 Å². The molecule has 4 aromatic rings. The number of amides is 1. The second-order valence-electron chi connectivity index (χ2n) is 10.8. The predicted octanol–water partition coefficient (Wildman–Crippen LogP) is 6.32. The van der Waals surface area contributed by atoms with Gasteiger partial charge in [-0.05, 0) is 37.0 Å². The predicted molar refractivity (Wildman–Crippen MR) is 168 cm³/mol. The van der Waals surface area contributed by atoms with Gasteiger partial charge in [0.25, 0.3) is 5.91 Å². The van der Waals surface area contributed by atoms with Gasteiger partial charge in [-0.25, -0.2) is 4.98 Å². The summed E-state index contributed by atoms with van der Waals surface area (Å²) in [6.45, 7) is 6.38. The van der Waals surface area contributed by atoms with Crippen LogP contribution in [0.5, 0.6) is 11.5 Å². The molecule has 2 heterocycles. The summed E-state index contributed by atoms with van der Waals surface area (Å²) < 4.78 is 11.1. The fourth-order valence-corrected chi connectivity index (χ4v) is 6.27. The molecule has 0 spiro atoms. The SMILES string of the molecule is COc1ccc(CN(Cc2nc(C(=O)NC3CCN(Cc4ccccc4)CC3)cs2)C(C)c2ccccc2)c(OC)c1. The van der Waals surface area contributed by atoms with Gasteiger partial charge in [0.15, 0.2) is 0 Å². The van der Waals surface area contributed by atoms with Crippen molar-refractivity contribution in [1.82, 2.24) is 20.1 Å². The summed E-state index contributed by atoms with van der Waals surface area (Å²) in [6, 6.07) is 27.2. The van der Waals surface area contributed by atoms with Crippen molar-refractivity contribution in [2.24, 2.45) is 0 Å². The highest BCUT2D eigenvalue weighted by Crippen LogP contribution is 2.31. The van der Waals surface area contributed by atoms with Gasteiger partial charge in [-0.2, -0.15) is 0 Å². The van der Waals surface area contributed by atoms with Crippen LogP contribution in [0.15, 0.2) is 84.2 Å². The second kappa shape index (κ2) is 14.4. The van der Waals surface area contributed by atoms with E-state index in [1.165, 1.54) is 22.5 Å². The molecule has 0 radical (unpaired) electrons. The van der Waals surface area contributed by atoms with Crippen molar-refractivity contribution in [1.29, 1.82) is 0 Å². The van der Waals surface area contributed by atoms with Gasteiger partial charge in [0.1, 0.15) is 22.2 Å². The third-order valence-corrected chi connectivity index (χ3v) is 8.83. The van der Waals surface area contributed by atoms with Crippen molar-refractivity contribution in [2.75, 3.05) is 27.3 Å². The molecule has 1 aliphatic rings. The molecule has 1 aromatic heterocycles. The Labute approximate surface area is 253 Å². The quantitative estimate of drug-likeness (QED) is 0.210. The van der Waals surface area contributed by atoms with E-state index in [2.05, 4.69) is 76.6 Å². The summed E-state index contributed by atoms with van der Waals surface area (Å²) in [5, 5.41) is 6.03. The number of hydrogen-bond acceptors (Lipinski definition) is 7. The average Bonchev–Trinajstić information content (AvgIpc) is 3.51. The maximum Gasteiger partial charge on any atom is 0.270 e. The van der Waals surface area contributed by atoms with E-state index < -0.39 is 0 Å². The van der Waals surface area contributed by atoms with Crippen LogP contribution in [0.3, 0.4) is 0 Å². The molecule has 1 atom stereocenters. The monoisotopic (exact) mass is 584 g/mol. The molecule has 0 aliphatic carbocycles. The Kier molecular flexibility index (Phi) is 10.2. The molecule has 3 aromatic carbocycles. The zero-order valence-corrected chi connectivity index (χ0v) is 25.5. The summed E-state index contributed by atoms with van der Waals surface area (Å²) in [6.07, 6.45) is 1.89. The Morgan fingerprint density at radius 3 is 2.40 bits per heavy atom. The molecule has 8 heteroatoms. The van der Waals surface area contributed by atoms with E-state index in [9.17, 15) is 4.79 Å². The number of likely N-dealkylation sites (tertiary alicyclic amines) is 1. The van der Waals surface area contributed by atoms with Crippen LogP contribution in [0.4, 0.5) is 0 Å². The number of rotatable bonds is 12. The first-order valence-corrected chi connectivity index (χ1v) is 15.4.